The quantitative estimate of drug-likeness (QED) is 0.727. The molecule has 0 aliphatic heterocycles. The highest BCUT2D eigenvalue weighted by Gasteiger charge is 2.20. The van der Waals surface area contributed by atoms with E-state index in [0.29, 0.717) is 11.3 Å². The molecule has 3 aromatic rings. The molecule has 0 atom stereocenters. The van der Waals surface area contributed by atoms with Crippen LogP contribution in [0.2, 0.25) is 0 Å². The van der Waals surface area contributed by atoms with E-state index in [1.807, 2.05) is 62.4 Å². The molecule has 0 unspecified atom stereocenters. The molecule has 0 fully saturated rings. The van der Waals surface area contributed by atoms with Crippen LogP contribution in [0.25, 0.3) is 10.8 Å². The number of carbonyl (C=O) groups excluding carboxylic acids is 2. The van der Waals surface area contributed by atoms with Crippen molar-refractivity contribution >= 4 is 28.3 Å². The van der Waals surface area contributed by atoms with Crippen LogP contribution in [0, 0.1) is 13.8 Å². The highest BCUT2D eigenvalue weighted by atomic mass is 16.5. The lowest BCUT2D eigenvalue weighted by molar-refractivity contribution is -0.116. The molecule has 28 heavy (non-hydrogen) atoms. The molecule has 0 aromatic heterocycles. The molecule has 0 bridgehead atoms. The summed E-state index contributed by atoms with van der Waals surface area (Å²) in [4.78, 5) is 26.8. The average Bonchev–Trinajstić information content (AvgIpc) is 2.69. The van der Waals surface area contributed by atoms with Crippen molar-refractivity contribution in [3.8, 4) is 5.75 Å². The molecule has 3 aromatic carbocycles. The minimum atomic E-state index is -0.265. The molecule has 3 rings (SSSR count). The molecular weight excluding hydrogens is 352 g/mol. The summed E-state index contributed by atoms with van der Waals surface area (Å²) in [5, 5.41) is 4.85. The molecule has 0 heterocycles. The Kier molecular flexibility index (Phi) is 5.64. The Balaban J connectivity index is 1.79. The van der Waals surface area contributed by atoms with Gasteiger partial charge in [-0.1, -0.05) is 42.5 Å². The minimum absolute atomic E-state index is 0.0530. The molecule has 0 spiro atoms. The first-order valence-electron chi connectivity index (χ1n) is 9.09. The number of hydrogen-bond acceptors (Lipinski definition) is 3. The maximum atomic E-state index is 13.0. The fraction of sp³-hybridized carbons (Fsp3) is 0.217. The molecule has 0 aliphatic carbocycles. The number of para-hydroxylation sites is 1. The standard InChI is InChI=1S/C23H24N2O3/c1-15-8-7-9-16(2)22(15)24-21(26)14-25(3)23(27)19-12-17-10-5-6-11-18(17)13-20(19)28-4/h5-13H,14H2,1-4H3,(H,24,26). The number of hydrogen-bond donors (Lipinski definition) is 1. The number of benzene rings is 3. The molecule has 1 N–H and O–H groups in total. The number of aryl methyl sites for hydroxylation is 2. The fourth-order valence-corrected chi connectivity index (χ4v) is 3.24. The van der Waals surface area contributed by atoms with Crippen molar-refractivity contribution in [1.29, 1.82) is 0 Å². The molecule has 0 saturated heterocycles. The Morgan fingerprint density at radius 3 is 2.18 bits per heavy atom. The van der Waals surface area contributed by atoms with Crippen LogP contribution in [-0.4, -0.2) is 37.4 Å². The van der Waals surface area contributed by atoms with Crippen molar-refractivity contribution in [1.82, 2.24) is 4.90 Å². The average molecular weight is 376 g/mol. The lowest BCUT2D eigenvalue weighted by Gasteiger charge is -2.19. The number of nitrogens with one attached hydrogen (secondary N) is 1. The molecule has 144 valence electrons. The number of fused-ring (bicyclic) bond motifs is 1. The first-order valence-corrected chi connectivity index (χ1v) is 9.09. The molecule has 5 heteroatoms. The van der Waals surface area contributed by atoms with Gasteiger partial charge in [-0.05, 0) is 47.9 Å². The maximum absolute atomic E-state index is 13.0. The van der Waals surface area contributed by atoms with Gasteiger partial charge < -0.3 is 15.0 Å². The summed E-state index contributed by atoms with van der Waals surface area (Å²) in [6.07, 6.45) is 0. The summed E-state index contributed by atoms with van der Waals surface area (Å²) < 4.78 is 5.41. The number of carbonyl (C=O) groups is 2. The van der Waals surface area contributed by atoms with Gasteiger partial charge in [-0.15, -0.1) is 0 Å². The van der Waals surface area contributed by atoms with Gasteiger partial charge in [0, 0.05) is 12.7 Å². The van der Waals surface area contributed by atoms with E-state index in [-0.39, 0.29) is 18.4 Å². The van der Waals surface area contributed by atoms with Crippen LogP contribution in [0.5, 0.6) is 5.75 Å². The van der Waals surface area contributed by atoms with E-state index >= 15 is 0 Å². The number of rotatable bonds is 5. The summed E-state index contributed by atoms with van der Waals surface area (Å²) in [6.45, 7) is 3.83. The number of methoxy groups -OCH3 is 1. The summed E-state index contributed by atoms with van der Waals surface area (Å²) >= 11 is 0. The van der Waals surface area contributed by atoms with Gasteiger partial charge in [-0.2, -0.15) is 0 Å². The smallest absolute Gasteiger partial charge is 0.257 e. The Labute approximate surface area is 164 Å². The van der Waals surface area contributed by atoms with Crippen LogP contribution >= 0.6 is 0 Å². The Bertz CT molecular complexity index is 1020. The highest BCUT2D eigenvalue weighted by Crippen LogP contribution is 2.27. The largest absolute Gasteiger partial charge is 0.496 e. The van der Waals surface area contributed by atoms with Gasteiger partial charge in [-0.25, -0.2) is 0 Å². The van der Waals surface area contributed by atoms with Gasteiger partial charge >= 0.3 is 0 Å². The second kappa shape index (κ2) is 8.13. The zero-order valence-corrected chi connectivity index (χ0v) is 16.6. The van der Waals surface area contributed by atoms with Crippen molar-refractivity contribution in [3.63, 3.8) is 0 Å². The number of nitrogens with zero attached hydrogens (tertiary/aromatic N) is 1. The number of likely N-dealkylation sites (N-methyl/N-ethyl adjacent to an activating group) is 1. The summed E-state index contributed by atoms with van der Waals surface area (Å²) in [7, 11) is 3.15. The van der Waals surface area contributed by atoms with Crippen molar-refractivity contribution < 1.29 is 14.3 Å². The summed E-state index contributed by atoms with van der Waals surface area (Å²) in [6, 6.07) is 17.2. The fourth-order valence-electron chi connectivity index (χ4n) is 3.24. The van der Waals surface area contributed by atoms with Gasteiger partial charge in [0.1, 0.15) is 5.75 Å². The number of anilines is 1. The van der Waals surface area contributed by atoms with Gasteiger partial charge in [-0.3, -0.25) is 9.59 Å². The van der Waals surface area contributed by atoms with Crippen LogP contribution in [0.4, 0.5) is 5.69 Å². The number of ether oxygens (including phenoxy) is 1. The lowest BCUT2D eigenvalue weighted by Crippen LogP contribution is -2.35. The summed E-state index contributed by atoms with van der Waals surface area (Å²) in [5.74, 6) is -0.0158. The van der Waals surface area contributed by atoms with E-state index in [9.17, 15) is 9.59 Å². The second-order valence-electron chi connectivity index (χ2n) is 6.88. The third kappa shape index (κ3) is 3.98. The minimum Gasteiger partial charge on any atom is -0.496 e. The Hall–Kier alpha value is -3.34. The first-order chi connectivity index (χ1) is 13.4. The van der Waals surface area contributed by atoms with E-state index in [1.165, 1.54) is 12.0 Å². The predicted octanol–water partition coefficient (Wildman–Crippen LogP) is 4.18. The topological polar surface area (TPSA) is 58.6 Å². The van der Waals surface area contributed by atoms with Crippen LogP contribution in [0.3, 0.4) is 0 Å². The van der Waals surface area contributed by atoms with E-state index < -0.39 is 0 Å². The van der Waals surface area contributed by atoms with Gasteiger partial charge in [0.05, 0.1) is 19.2 Å². The van der Waals surface area contributed by atoms with E-state index in [2.05, 4.69) is 5.32 Å². The maximum Gasteiger partial charge on any atom is 0.257 e. The lowest BCUT2D eigenvalue weighted by atomic mass is 10.0. The van der Waals surface area contributed by atoms with Crippen LogP contribution < -0.4 is 10.1 Å². The van der Waals surface area contributed by atoms with E-state index in [0.717, 1.165) is 27.6 Å². The third-order valence-electron chi connectivity index (χ3n) is 4.77. The highest BCUT2D eigenvalue weighted by molar-refractivity contribution is 6.04. The summed E-state index contributed by atoms with van der Waals surface area (Å²) in [5.41, 5.74) is 3.19. The zero-order valence-electron chi connectivity index (χ0n) is 16.6. The van der Waals surface area contributed by atoms with Crippen molar-refractivity contribution in [2.24, 2.45) is 0 Å². The van der Waals surface area contributed by atoms with Crippen LogP contribution in [0.1, 0.15) is 21.5 Å². The molecule has 0 aliphatic rings. The normalized spacial score (nSPS) is 10.6. The molecule has 5 nitrogen and oxygen atoms in total. The predicted molar refractivity (Wildman–Crippen MR) is 112 cm³/mol. The van der Waals surface area contributed by atoms with Gasteiger partial charge in [0.15, 0.2) is 0 Å². The second-order valence-corrected chi connectivity index (χ2v) is 6.88. The third-order valence-corrected chi connectivity index (χ3v) is 4.77. The molecule has 2 amide bonds. The Morgan fingerprint density at radius 1 is 0.964 bits per heavy atom. The SMILES string of the molecule is COc1cc2ccccc2cc1C(=O)N(C)CC(=O)Nc1c(C)cccc1C. The van der Waals surface area contributed by atoms with Crippen molar-refractivity contribution in [3.05, 3.63) is 71.3 Å². The Morgan fingerprint density at radius 2 is 1.57 bits per heavy atom. The molecule has 0 radical (unpaired) electrons. The first kappa shape index (κ1) is 19.4. The monoisotopic (exact) mass is 376 g/mol. The zero-order chi connectivity index (χ0) is 20.3. The van der Waals surface area contributed by atoms with Crippen molar-refractivity contribution in [2.75, 3.05) is 26.0 Å². The van der Waals surface area contributed by atoms with E-state index in [4.69, 9.17) is 4.74 Å². The number of amides is 2. The van der Waals surface area contributed by atoms with Crippen LogP contribution in [0.15, 0.2) is 54.6 Å². The van der Waals surface area contributed by atoms with E-state index in [1.54, 1.807) is 13.1 Å². The van der Waals surface area contributed by atoms with Crippen molar-refractivity contribution in [2.45, 2.75) is 13.8 Å². The molecule has 0 saturated carbocycles. The van der Waals surface area contributed by atoms with Crippen LogP contribution in [-0.2, 0) is 4.79 Å². The molecular formula is C23H24N2O3. The van der Waals surface area contributed by atoms with Gasteiger partial charge in [0.25, 0.3) is 5.91 Å². The van der Waals surface area contributed by atoms with Gasteiger partial charge in [0.2, 0.25) is 5.91 Å².